The average molecular weight is 474 g/mol. The highest BCUT2D eigenvalue weighted by Crippen LogP contribution is 2.23. The van der Waals surface area contributed by atoms with E-state index in [1.54, 1.807) is 16.8 Å². The van der Waals surface area contributed by atoms with Crippen LogP contribution in [0, 0.1) is 0 Å². The molecule has 2 fully saturated rings. The van der Waals surface area contributed by atoms with Gasteiger partial charge in [0.1, 0.15) is 5.69 Å². The number of hydrogen-bond donors (Lipinski definition) is 4. The Labute approximate surface area is 200 Å². The molecule has 11 heteroatoms. The SMILES string of the molecule is O=c1[nH]c(O)c(C=c2cnn3c(=NC4CC4)nc(NC(CN4CCCC4)c4ccccc4)nc23)[nH]1. The molecule has 3 aromatic heterocycles. The minimum absolute atomic E-state index is 0.00551. The number of hydrogen-bond acceptors (Lipinski definition) is 8. The van der Waals surface area contributed by atoms with E-state index in [2.05, 4.69) is 37.4 Å². The number of nitrogens with one attached hydrogen (secondary N) is 3. The van der Waals surface area contributed by atoms with Crippen LogP contribution in [0.25, 0.3) is 11.7 Å². The molecule has 1 unspecified atom stereocenters. The second-order valence-electron chi connectivity index (χ2n) is 9.14. The van der Waals surface area contributed by atoms with Gasteiger partial charge >= 0.3 is 5.69 Å². The van der Waals surface area contributed by atoms with Gasteiger partial charge in [-0.25, -0.2) is 9.79 Å². The quantitative estimate of drug-likeness (QED) is 0.310. The van der Waals surface area contributed by atoms with E-state index in [1.807, 2.05) is 18.2 Å². The van der Waals surface area contributed by atoms with E-state index in [4.69, 9.17) is 15.0 Å². The Morgan fingerprint density at radius 1 is 1.17 bits per heavy atom. The van der Waals surface area contributed by atoms with Crippen LogP contribution in [0.4, 0.5) is 5.95 Å². The highest BCUT2D eigenvalue weighted by atomic mass is 16.3. The lowest BCUT2D eigenvalue weighted by molar-refractivity contribution is 0.323. The largest absolute Gasteiger partial charge is 0.493 e. The molecule has 4 aromatic rings. The third kappa shape index (κ3) is 4.67. The van der Waals surface area contributed by atoms with Gasteiger partial charge < -0.3 is 20.3 Å². The molecular formula is C24H27N9O2. The number of imidazole rings is 1. The van der Waals surface area contributed by atoms with Gasteiger partial charge in [-0.1, -0.05) is 30.3 Å². The Balaban J connectivity index is 1.44. The van der Waals surface area contributed by atoms with Crippen molar-refractivity contribution in [2.75, 3.05) is 25.0 Å². The summed E-state index contributed by atoms with van der Waals surface area (Å²) < 4.78 is 1.61. The normalized spacial score (nSPS) is 18.5. The molecule has 1 saturated carbocycles. The molecular weight excluding hydrogens is 446 g/mol. The molecule has 35 heavy (non-hydrogen) atoms. The van der Waals surface area contributed by atoms with Gasteiger partial charge in [-0.2, -0.15) is 19.6 Å². The molecule has 180 valence electrons. The lowest BCUT2D eigenvalue weighted by Crippen LogP contribution is -2.31. The van der Waals surface area contributed by atoms with E-state index in [0.717, 1.165) is 32.5 Å². The highest BCUT2D eigenvalue weighted by Gasteiger charge is 2.23. The fourth-order valence-corrected chi connectivity index (χ4v) is 4.44. The van der Waals surface area contributed by atoms with Crippen LogP contribution in [0.15, 0.2) is 46.3 Å². The molecule has 4 heterocycles. The zero-order valence-corrected chi connectivity index (χ0v) is 19.2. The second-order valence-corrected chi connectivity index (χ2v) is 9.14. The molecule has 1 aliphatic carbocycles. The first-order chi connectivity index (χ1) is 17.1. The van der Waals surface area contributed by atoms with Gasteiger partial charge in [-0.05, 0) is 50.4 Å². The summed E-state index contributed by atoms with van der Waals surface area (Å²) in [7, 11) is 0. The lowest BCUT2D eigenvalue weighted by Gasteiger charge is -2.25. The fraction of sp³-hybridized carbons (Fsp3) is 0.375. The number of aromatic nitrogens is 6. The summed E-state index contributed by atoms with van der Waals surface area (Å²) in [6, 6.07) is 10.6. The Bertz CT molecular complexity index is 1510. The summed E-state index contributed by atoms with van der Waals surface area (Å²) in [5.41, 5.74) is 1.96. The lowest BCUT2D eigenvalue weighted by atomic mass is 10.1. The van der Waals surface area contributed by atoms with Crippen molar-refractivity contribution in [1.29, 1.82) is 0 Å². The van der Waals surface area contributed by atoms with Gasteiger partial charge in [0, 0.05) is 11.8 Å². The van der Waals surface area contributed by atoms with Crippen LogP contribution < -0.4 is 21.8 Å². The molecule has 0 bridgehead atoms. The maximum Gasteiger partial charge on any atom is 0.326 e. The predicted molar refractivity (Wildman–Crippen MR) is 130 cm³/mol. The van der Waals surface area contributed by atoms with Crippen molar-refractivity contribution in [2.45, 2.75) is 37.8 Å². The first-order valence-electron chi connectivity index (χ1n) is 12.0. The molecule has 11 nitrogen and oxygen atoms in total. The van der Waals surface area contributed by atoms with Crippen molar-refractivity contribution in [3.63, 3.8) is 0 Å². The maximum absolute atomic E-state index is 11.6. The summed E-state index contributed by atoms with van der Waals surface area (Å²) in [5.74, 6) is 0.228. The van der Waals surface area contributed by atoms with E-state index in [0.29, 0.717) is 22.4 Å². The molecule has 1 aromatic carbocycles. The minimum atomic E-state index is -0.487. The fourth-order valence-electron chi connectivity index (χ4n) is 4.44. The first-order valence-corrected chi connectivity index (χ1v) is 12.0. The monoisotopic (exact) mass is 473 g/mol. The maximum atomic E-state index is 11.6. The number of likely N-dealkylation sites (tertiary alicyclic amines) is 1. The number of benzene rings is 1. The molecule has 0 radical (unpaired) electrons. The Morgan fingerprint density at radius 3 is 2.69 bits per heavy atom. The Morgan fingerprint density at radius 2 is 1.97 bits per heavy atom. The van der Waals surface area contributed by atoms with Gasteiger partial charge in [0.2, 0.25) is 11.8 Å². The van der Waals surface area contributed by atoms with Gasteiger partial charge in [-0.15, -0.1) is 0 Å². The van der Waals surface area contributed by atoms with Crippen LogP contribution >= 0.6 is 0 Å². The Hall–Kier alpha value is -3.99. The predicted octanol–water partition coefficient (Wildman–Crippen LogP) is 0.706. The van der Waals surface area contributed by atoms with E-state index in [9.17, 15) is 9.90 Å². The number of anilines is 1. The molecule has 2 aliphatic rings. The van der Waals surface area contributed by atoms with Crippen LogP contribution in [-0.4, -0.2) is 65.2 Å². The number of aromatic hydroxyl groups is 1. The average Bonchev–Trinajstić information content (AvgIpc) is 3.21. The highest BCUT2D eigenvalue weighted by molar-refractivity contribution is 5.57. The number of nitrogens with zero attached hydrogens (tertiary/aromatic N) is 6. The van der Waals surface area contributed by atoms with Crippen molar-refractivity contribution in [3.05, 3.63) is 69.1 Å². The van der Waals surface area contributed by atoms with Crippen LogP contribution in [0.1, 0.15) is 43.0 Å². The van der Waals surface area contributed by atoms with Crippen molar-refractivity contribution in [3.8, 4) is 5.88 Å². The molecule has 1 aliphatic heterocycles. The van der Waals surface area contributed by atoms with Crippen molar-refractivity contribution in [1.82, 2.24) is 34.4 Å². The topological polar surface area (TPSA) is 140 Å². The van der Waals surface area contributed by atoms with E-state index in [1.165, 1.54) is 18.4 Å². The third-order valence-electron chi connectivity index (χ3n) is 6.40. The van der Waals surface area contributed by atoms with Crippen molar-refractivity contribution >= 4 is 17.7 Å². The zero-order valence-electron chi connectivity index (χ0n) is 19.2. The Kier molecular flexibility index (Phi) is 5.53. The number of H-pyrrole nitrogens is 2. The van der Waals surface area contributed by atoms with E-state index in [-0.39, 0.29) is 23.7 Å². The number of rotatable bonds is 7. The standard InChI is InChI=1S/C24H27N9O2/c34-21-18(28-24(35)30-21)12-16-13-25-33-20(16)29-22(31-23(33)26-17-8-9-17)27-19(14-32-10-4-5-11-32)15-6-2-1-3-7-15/h1-3,6-7,12-13,17,19,34H,4-5,8-11,14H2,(H,26,27,31)(H2,28,30,35). The molecule has 0 spiro atoms. The zero-order chi connectivity index (χ0) is 23.8. The first kappa shape index (κ1) is 21.5. The number of fused-ring (bicyclic) bond motifs is 1. The second kappa shape index (κ2) is 8.99. The molecule has 1 atom stereocenters. The summed E-state index contributed by atoms with van der Waals surface area (Å²) in [5, 5.41) is 18.6. The molecule has 0 amide bonds. The van der Waals surface area contributed by atoms with Crippen molar-refractivity contribution < 1.29 is 5.11 Å². The summed E-state index contributed by atoms with van der Waals surface area (Å²) in [6.45, 7) is 3.03. The van der Waals surface area contributed by atoms with E-state index >= 15 is 0 Å². The smallest absolute Gasteiger partial charge is 0.326 e. The third-order valence-corrected chi connectivity index (χ3v) is 6.40. The summed E-state index contributed by atoms with van der Waals surface area (Å²) >= 11 is 0. The minimum Gasteiger partial charge on any atom is -0.493 e. The molecule has 1 saturated heterocycles. The van der Waals surface area contributed by atoms with Crippen LogP contribution in [-0.2, 0) is 0 Å². The van der Waals surface area contributed by atoms with Gasteiger partial charge in [0.25, 0.3) is 5.62 Å². The summed E-state index contributed by atoms with van der Waals surface area (Å²) in [4.78, 5) is 33.2. The van der Waals surface area contributed by atoms with Gasteiger partial charge in [-0.3, -0.25) is 4.98 Å². The number of aromatic amines is 2. The summed E-state index contributed by atoms with van der Waals surface area (Å²) in [6.07, 6.45) is 7.77. The van der Waals surface area contributed by atoms with Crippen LogP contribution in [0.5, 0.6) is 5.88 Å². The van der Waals surface area contributed by atoms with Crippen LogP contribution in [0.3, 0.4) is 0 Å². The van der Waals surface area contributed by atoms with Gasteiger partial charge in [0.15, 0.2) is 5.65 Å². The van der Waals surface area contributed by atoms with Crippen molar-refractivity contribution in [2.24, 2.45) is 4.99 Å². The van der Waals surface area contributed by atoms with E-state index < -0.39 is 5.69 Å². The van der Waals surface area contributed by atoms with Gasteiger partial charge in [0.05, 0.1) is 18.3 Å². The van der Waals surface area contributed by atoms with Crippen LogP contribution in [0.2, 0.25) is 0 Å². The molecule has 4 N–H and O–H groups in total. The molecule has 6 rings (SSSR count).